The fourth-order valence-corrected chi connectivity index (χ4v) is 3.49. The Morgan fingerprint density at radius 1 is 1.18 bits per heavy atom. The van der Waals surface area contributed by atoms with E-state index in [1.807, 2.05) is 60.0 Å². The van der Waals surface area contributed by atoms with Crippen LogP contribution in [0.15, 0.2) is 69.4 Å². The molecule has 0 bridgehead atoms. The topological polar surface area (TPSA) is 59.4 Å². The quantitative estimate of drug-likeness (QED) is 0.274. The molecule has 0 spiro atoms. The normalized spacial score (nSPS) is 10.8. The Morgan fingerprint density at radius 2 is 2.00 bits per heavy atom. The number of fused-ring (bicyclic) bond motifs is 1. The Hall–Kier alpha value is -1.31. The first-order valence-corrected chi connectivity index (χ1v) is 10.1. The number of carboxylic acid groups (broad SMARTS) is 1. The van der Waals surface area contributed by atoms with E-state index in [4.69, 9.17) is 9.84 Å². The van der Waals surface area contributed by atoms with Gasteiger partial charge in [0.1, 0.15) is 5.75 Å². The van der Waals surface area contributed by atoms with Crippen LogP contribution < -0.4 is 4.74 Å². The monoisotopic (exact) mass is 467 g/mol. The molecule has 0 saturated carbocycles. The van der Waals surface area contributed by atoms with Crippen molar-refractivity contribution in [3.8, 4) is 5.75 Å². The standard InChI is InChI=1S/C21H18BrNO3S.Na.H/c22-16-8-6-15-7-9-17(23-20(15)13-16)10-12-27-19-4-1-3-18(14-19)26-11-2-5-21(24)25;;/h1,3-4,6-10,12-14H,2,5,11H2,(H,24,25);;. The zero-order valence-corrected chi connectivity index (χ0v) is 16.9. The molecule has 0 aliphatic heterocycles. The summed E-state index contributed by atoms with van der Waals surface area (Å²) in [5, 5.41) is 11.7. The average molecular weight is 468 g/mol. The molecule has 0 aliphatic rings. The summed E-state index contributed by atoms with van der Waals surface area (Å²) in [5.74, 6) is -0.0600. The van der Waals surface area contributed by atoms with Gasteiger partial charge in [0, 0.05) is 21.2 Å². The summed E-state index contributed by atoms with van der Waals surface area (Å²) < 4.78 is 6.62. The molecule has 4 nitrogen and oxygen atoms in total. The Bertz CT molecular complexity index is 981. The zero-order chi connectivity index (χ0) is 19.1. The summed E-state index contributed by atoms with van der Waals surface area (Å²) in [4.78, 5) is 16.2. The zero-order valence-electron chi connectivity index (χ0n) is 14.5. The first kappa shape index (κ1) is 23.0. The number of pyridine rings is 1. The van der Waals surface area contributed by atoms with Gasteiger partial charge in [-0.05, 0) is 54.3 Å². The van der Waals surface area contributed by atoms with Crippen LogP contribution in [0.5, 0.6) is 5.75 Å². The van der Waals surface area contributed by atoms with Gasteiger partial charge in [-0.3, -0.25) is 4.79 Å². The van der Waals surface area contributed by atoms with E-state index < -0.39 is 5.97 Å². The fourth-order valence-electron chi connectivity index (χ4n) is 2.43. The summed E-state index contributed by atoms with van der Waals surface area (Å²) >= 11 is 5.05. The second-order valence-corrected chi connectivity index (χ2v) is 7.71. The number of rotatable bonds is 8. The van der Waals surface area contributed by atoms with E-state index in [1.54, 1.807) is 11.8 Å². The number of halogens is 1. The molecule has 1 N–H and O–H groups in total. The molecular weight excluding hydrogens is 449 g/mol. The molecule has 0 saturated heterocycles. The van der Waals surface area contributed by atoms with Crippen molar-refractivity contribution in [3.05, 3.63) is 70.2 Å². The molecule has 7 heteroatoms. The molecule has 2 aromatic carbocycles. The third-order valence-electron chi connectivity index (χ3n) is 3.73. The summed E-state index contributed by atoms with van der Waals surface area (Å²) in [6.07, 6.45) is 2.59. The predicted octanol–water partition coefficient (Wildman–Crippen LogP) is 5.36. The van der Waals surface area contributed by atoms with Crippen molar-refractivity contribution in [2.24, 2.45) is 0 Å². The molecule has 0 amide bonds. The van der Waals surface area contributed by atoms with Crippen molar-refractivity contribution in [1.82, 2.24) is 4.98 Å². The van der Waals surface area contributed by atoms with Gasteiger partial charge in [-0.1, -0.05) is 45.9 Å². The third kappa shape index (κ3) is 7.26. The summed E-state index contributed by atoms with van der Waals surface area (Å²) in [7, 11) is 0. The van der Waals surface area contributed by atoms with Crippen molar-refractivity contribution >= 4 is 80.2 Å². The molecule has 0 radical (unpaired) electrons. The van der Waals surface area contributed by atoms with Crippen LogP contribution in [0.1, 0.15) is 18.5 Å². The Labute approximate surface area is 198 Å². The van der Waals surface area contributed by atoms with Gasteiger partial charge >= 0.3 is 35.5 Å². The van der Waals surface area contributed by atoms with Crippen LogP contribution in [-0.2, 0) is 4.79 Å². The number of aliphatic carboxylic acids is 1. The average Bonchev–Trinajstić information content (AvgIpc) is 2.65. The van der Waals surface area contributed by atoms with Gasteiger partial charge in [0.15, 0.2) is 0 Å². The SMILES string of the molecule is O=C(O)CCCOc1cccc(SC=Cc2ccc3ccc(Br)cc3n2)c1.[NaH]. The number of carboxylic acids is 1. The molecule has 0 fully saturated rings. The molecular formula is C21H19BrNNaO3S. The Balaban J connectivity index is 0.00000280. The Morgan fingerprint density at radius 3 is 2.82 bits per heavy atom. The van der Waals surface area contributed by atoms with Crippen molar-refractivity contribution in [3.63, 3.8) is 0 Å². The van der Waals surface area contributed by atoms with Gasteiger partial charge in [0.2, 0.25) is 0 Å². The molecule has 140 valence electrons. The van der Waals surface area contributed by atoms with Crippen LogP contribution in [0, 0.1) is 0 Å². The van der Waals surface area contributed by atoms with Gasteiger partial charge in [-0.15, -0.1) is 0 Å². The Kier molecular flexibility index (Phi) is 9.55. The van der Waals surface area contributed by atoms with E-state index in [1.165, 1.54) is 0 Å². The maximum absolute atomic E-state index is 10.5. The van der Waals surface area contributed by atoms with Crippen LogP contribution in [-0.4, -0.2) is 52.2 Å². The molecule has 1 heterocycles. The first-order chi connectivity index (χ1) is 13.1. The molecule has 3 aromatic rings. The molecule has 1 aromatic heterocycles. The minimum absolute atomic E-state index is 0. The van der Waals surface area contributed by atoms with Gasteiger partial charge in [0.05, 0.1) is 17.8 Å². The number of aromatic nitrogens is 1. The molecule has 0 unspecified atom stereocenters. The molecule has 28 heavy (non-hydrogen) atoms. The van der Waals surface area contributed by atoms with Crippen molar-refractivity contribution in [2.45, 2.75) is 17.7 Å². The van der Waals surface area contributed by atoms with Crippen LogP contribution in [0.2, 0.25) is 0 Å². The predicted molar refractivity (Wildman–Crippen MR) is 120 cm³/mol. The maximum atomic E-state index is 10.5. The number of nitrogens with zero attached hydrogens (tertiary/aromatic N) is 1. The van der Waals surface area contributed by atoms with Crippen LogP contribution in [0.3, 0.4) is 0 Å². The number of hydrogen-bond donors (Lipinski definition) is 1. The van der Waals surface area contributed by atoms with E-state index in [2.05, 4.69) is 27.0 Å². The van der Waals surface area contributed by atoms with Gasteiger partial charge in [0.25, 0.3) is 0 Å². The fraction of sp³-hybridized carbons (Fsp3) is 0.143. The third-order valence-corrected chi connectivity index (χ3v) is 5.02. The number of carbonyl (C=O) groups is 1. The van der Waals surface area contributed by atoms with Gasteiger partial charge in [-0.25, -0.2) is 4.98 Å². The van der Waals surface area contributed by atoms with Crippen molar-refractivity contribution < 1.29 is 14.6 Å². The van der Waals surface area contributed by atoms with Crippen molar-refractivity contribution in [1.29, 1.82) is 0 Å². The van der Waals surface area contributed by atoms with Gasteiger partial charge < -0.3 is 9.84 Å². The second-order valence-electron chi connectivity index (χ2n) is 5.81. The van der Waals surface area contributed by atoms with E-state index in [0.29, 0.717) is 13.0 Å². The van der Waals surface area contributed by atoms with Gasteiger partial charge in [-0.2, -0.15) is 0 Å². The molecule has 3 rings (SSSR count). The van der Waals surface area contributed by atoms with Crippen molar-refractivity contribution in [2.75, 3.05) is 6.61 Å². The van der Waals surface area contributed by atoms with E-state index in [-0.39, 0.29) is 36.0 Å². The van der Waals surface area contributed by atoms with Crippen LogP contribution in [0.4, 0.5) is 0 Å². The van der Waals surface area contributed by atoms with Crippen LogP contribution in [0.25, 0.3) is 17.0 Å². The number of ether oxygens (including phenoxy) is 1. The number of hydrogen-bond acceptors (Lipinski definition) is 4. The summed E-state index contributed by atoms with van der Waals surface area (Å²) in [5.41, 5.74) is 1.85. The van der Waals surface area contributed by atoms with E-state index in [0.717, 1.165) is 31.7 Å². The summed E-state index contributed by atoms with van der Waals surface area (Å²) in [6, 6.07) is 17.9. The number of benzene rings is 2. The molecule has 0 atom stereocenters. The van der Waals surface area contributed by atoms with E-state index >= 15 is 0 Å². The summed E-state index contributed by atoms with van der Waals surface area (Å²) in [6.45, 7) is 0.396. The first-order valence-electron chi connectivity index (χ1n) is 8.44. The molecule has 0 aliphatic carbocycles. The minimum atomic E-state index is -0.803. The van der Waals surface area contributed by atoms with E-state index in [9.17, 15) is 4.79 Å². The second kappa shape index (κ2) is 11.6. The van der Waals surface area contributed by atoms with Crippen LogP contribution >= 0.6 is 27.7 Å². The number of thioether (sulfide) groups is 1.